The van der Waals surface area contributed by atoms with Gasteiger partial charge in [0.15, 0.2) is 0 Å². The Labute approximate surface area is 221 Å². The molecule has 4 aliphatic carbocycles. The quantitative estimate of drug-likeness (QED) is 0.189. The van der Waals surface area contributed by atoms with Gasteiger partial charge in [-0.15, -0.1) is 0 Å². The second-order valence-electron chi connectivity index (χ2n) is 14.1. The molecule has 0 amide bonds. The van der Waals surface area contributed by atoms with E-state index in [9.17, 15) is 4.79 Å². The average molecular weight is 493 g/mol. The molecule has 0 radical (unpaired) electrons. The number of ether oxygens (including phenoxy) is 1. The molecule has 0 aromatic rings. The predicted molar refractivity (Wildman–Crippen MR) is 152 cm³/mol. The highest BCUT2D eigenvalue weighted by Gasteiger charge is 2.86. The van der Waals surface area contributed by atoms with Crippen LogP contribution in [-0.2, 0) is 9.53 Å². The molecule has 4 fully saturated rings. The maximum Gasteiger partial charge on any atom is 0.306 e. The molecule has 4 rings (SSSR count). The van der Waals surface area contributed by atoms with Gasteiger partial charge in [0, 0.05) is 0 Å². The van der Waals surface area contributed by atoms with Crippen LogP contribution >= 0.6 is 0 Å². The van der Waals surface area contributed by atoms with Crippen molar-refractivity contribution in [2.75, 3.05) is 6.61 Å². The summed E-state index contributed by atoms with van der Waals surface area (Å²) in [5, 5.41) is 0. The van der Waals surface area contributed by atoms with Crippen molar-refractivity contribution in [1.29, 1.82) is 0 Å². The van der Waals surface area contributed by atoms with Crippen molar-refractivity contribution in [3.05, 3.63) is 46.6 Å². The van der Waals surface area contributed by atoms with Crippen LogP contribution in [0.15, 0.2) is 46.6 Å². The van der Waals surface area contributed by atoms with E-state index in [2.05, 4.69) is 72.8 Å². The van der Waals surface area contributed by atoms with E-state index in [4.69, 9.17) is 4.74 Å². The SMILES string of the molecule is CC(C)=CCC/C(C)=C/CC/C(C)=C/CC/C(C)=C/COC(=O)CC12CC3CC4(C)CC(C)(C1)C34C2. The standard InChI is InChI=1S/C34H52O2/c1-25(2)11-8-12-26(3)13-9-14-27(4)15-10-16-28(5)17-18-36-30(35)21-33-20-29-19-31(6)22-32(7,23-33)34(29,31)24-33/h11,13,15,17,29H,8-10,12,14,16,18-24H2,1-7H3/b26-13+,27-15+,28-17+. The van der Waals surface area contributed by atoms with E-state index < -0.39 is 0 Å². The molecule has 0 N–H and O–H groups in total. The summed E-state index contributed by atoms with van der Waals surface area (Å²) < 4.78 is 5.72. The number of esters is 1. The van der Waals surface area contributed by atoms with Gasteiger partial charge in [-0.2, -0.15) is 0 Å². The van der Waals surface area contributed by atoms with Gasteiger partial charge < -0.3 is 4.74 Å². The summed E-state index contributed by atoms with van der Waals surface area (Å²) in [7, 11) is 0. The van der Waals surface area contributed by atoms with Crippen LogP contribution in [0.5, 0.6) is 0 Å². The van der Waals surface area contributed by atoms with Gasteiger partial charge in [0.25, 0.3) is 0 Å². The molecule has 2 bridgehead atoms. The van der Waals surface area contributed by atoms with Crippen LogP contribution in [0.25, 0.3) is 0 Å². The molecule has 4 saturated carbocycles. The van der Waals surface area contributed by atoms with Crippen LogP contribution in [0.2, 0.25) is 0 Å². The summed E-state index contributed by atoms with van der Waals surface area (Å²) in [6.07, 6.45) is 23.2. The highest BCUT2D eigenvalue weighted by molar-refractivity contribution is 5.71. The van der Waals surface area contributed by atoms with Crippen LogP contribution in [-0.4, -0.2) is 12.6 Å². The van der Waals surface area contributed by atoms with Gasteiger partial charge in [-0.1, -0.05) is 54.4 Å². The fourth-order valence-corrected chi connectivity index (χ4v) is 9.63. The summed E-state index contributed by atoms with van der Waals surface area (Å²) >= 11 is 0. The molecule has 5 unspecified atom stereocenters. The van der Waals surface area contributed by atoms with Crippen LogP contribution in [0.1, 0.15) is 126 Å². The Hall–Kier alpha value is -1.57. The lowest BCUT2D eigenvalue weighted by Crippen LogP contribution is -2.71. The molecule has 200 valence electrons. The van der Waals surface area contributed by atoms with Gasteiger partial charge in [-0.3, -0.25) is 4.79 Å². The zero-order valence-electron chi connectivity index (χ0n) is 24.4. The third kappa shape index (κ3) is 5.08. The van der Waals surface area contributed by atoms with E-state index in [1.165, 1.54) is 60.8 Å². The molecule has 0 saturated heterocycles. The number of rotatable bonds is 13. The molecular formula is C34H52O2. The second-order valence-corrected chi connectivity index (χ2v) is 14.1. The molecule has 2 nitrogen and oxygen atoms in total. The van der Waals surface area contributed by atoms with Gasteiger partial charge in [-0.25, -0.2) is 0 Å². The van der Waals surface area contributed by atoms with Gasteiger partial charge in [0.2, 0.25) is 0 Å². The van der Waals surface area contributed by atoms with E-state index in [0.29, 0.717) is 29.3 Å². The number of fused-ring (bicyclic) bond motifs is 1. The number of hydrogen-bond acceptors (Lipinski definition) is 2. The van der Waals surface area contributed by atoms with Crippen molar-refractivity contribution in [3.8, 4) is 0 Å². The van der Waals surface area contributed by atoms with Crippen LogP contribution in [0, 0.1) is 27.6 Å². The number of carbonyl (C=O) groups excluding carboxylic acids is 1. The fraction of sp³-hybridized carbons (Fsp3) is 0.735. The average Bonchev–Trinajstić information content (AvgIpc) is 3.18. The Morgan fingerprint density at radius 3 is 1.86 bits per heavy atom. The minimum atomic E-state index is 0.0308. The maximum atomic E-state index is 12.8. The van der Waals surface area contributed by atoms with Crippen LogP contribution < -0.4 is 0 Å². The number of hydrogen-bond donors (Lipinski definition) is 0. The molecule has 0 heterocycles. The molecule has 2 heteroatoms. The van der Waals surface area contributed by atoms with Gasteiger partial charge in [-0.05, 0) is 139 Å². The largest absolute Gasteiger partial charge is 0.461 e. The predicted octanol–water partition coefficient (Wildman–Crippen LogP) is 9.67. The van der Waals surface area contributed by atoms with Gasteiger partial charge in [0.1, 0.15) is 6.61 Å². The van der Waals surface area contributed by atoms with E-state index in [0.717, 1.165) is 38.0 Å². The van der Waals surface area contributed by atoms with Crippen molar-refractivity contribution >= 4 is 5.97 Å². The molecule has 5 atom stereocenters. The Kier molecular flexibility index (Phi) is 7.86. The molecule has 0 aromatic heterocycles. The van der Waals surface area contributed by atoms with Crippen molar-refractivity contribution in [3.63, 3.8) is 0 Å². The highest BCUT2D eigenvalue weighted by Crippen LogP contribution is 2.94. The van der Waals surface area contributed by atoms with E-state index >= 15 is 0 Å². The topological polar surface area (TPSA) is 26.3 Å². The summed E-state index contributed by atoms with van der Waals surface area (Å²) in [5.41, 5.74) is 7.61. The zero-order valence-corrected chi connectivity index (χ0v) is 24.4. The molecule has 0 aromatic carbocycles. The molecule has 1 spiro atoms. The molecule has 36 heavy (non-hydrogen) atoms. The Morgan fingerprint density at radius 2 is 1.33 bits per heavy atom. The first kappa shape index (κ1) is 27.5. The number of carbonyl (C=O) groups is 1. The first-order valence-electron chi connectivity index (χ1n) is 14.7. The first-order chi connectivity index (χ1) is 16.9. The monoisotopic (exact) mass is 492 g/mol. The van der Waals surface area contributed by atoms with Crippen LogP contribution in [0.4, 0.5) is 0 Å². The Bertz CT molecular complexity index is 975. The summed E-state index contributed by atoms with van der Waals surface area (Å²) in [6.45, 7) is 16.5. The third-order valence-electron chi connectivity index (χ3n) is 10.8. The van der Waals surface area contributed by atoms with Crippen molar-refractivity contribution < 1.29 is 9.53 Å². The lowest BCUT2D eigenvalue weighted by Gasteiger charge is -2.78. The van der Waals surface area contributed by atoms with E-state index in [1.54, 1.807) is 0 Å². The van der Waals surface area contributed by atoms with E-state index in [-0.39, 0.29) is 11.4 Å². The van der Waals surface area contributed by atoms with Crippen molar-refractivity contribution in [1.82, 2.24) is 0 Å². The highest BCUT2D eigenvalue weighted by atomic mass is 16.5. The fourth-order valence-electron chi connectivity index (χ4n) is 9.63. The number of allylic oxidation sites excluding steroid dienone is 7. The van der Waals surface area contributed by atoms with E-state index in [1.807, 2.05) is 0 Å². The van der Waals surface area contributed by atoms with Crippen molar-refractivity contribution in [2.45, 2.75) is 126 Å². The minimum absolute atomic E-state index is 0.0308. The van der Waals surface area contributed by atoms with Gasteiger partial charge >= 0.3 is 5.97 Å². The Morgan fingerprint density at radius 1 is 0.750 bits per heavy atom. The third-order valence-corrected chi connectivity index (χ3v) is 10.8. The summed E-state index contributed by atoms with van der Waals surface area (Å²) in [6, 6.07) is 0. The lowest BCUT2D eigenvalue weighted by atomic mass is 9.26. The summed E-state index contributed by atoms with van der Waals surface area (Å²) in [4.78, 5) is 12.8. The van der Waals surface area contributed by atoms with Gasteiger partial charge in [0.05, 0.1) is 6.42 Å². The zero-order chi connectivity index (χ0) is 26.2. The molecular weight excluding hydrogens is 440 g/mol. The summed E-state index contributed by atoms with van der Waals surface area (Å²) in [5.74, 6) is 0.914. The minimum Gasteiger partial charge on any atom is -0.461 e. The molecule has 4 aliphatic rings. The normalized spacial score (nSPS) is 36.8. The first-order valence-corrected chi connectivity index (χ1v) is 14.7. The Balaban J connectivity index is 1.12. The smallest absolute Gasteiger partial charge is 0.306 e. The van der Waals surface area contributed by atoms with Crippen molar-refractivity contribution in [2.24, 2.45) is 27.6 Å². The second kappa shape index (κ2) is 10.3. The van der Waals surface area contributed by atoms with Crippen LogP contribution in [0.3, 0.4) is 0 Å². The lowest BCUT2D eigenvalue weighted by molar-refractivity contribution is -0.302. The molecule has 0 aliphatic heterocycles. The maximum absolute atomic E-state index is 12.8.